The molecule has 2 nitrogen and oxygen atoms in total. The fourth-order valence-electron chi connectivity index (χ4n) is 0.827. The third-order valence-corrected chi connectivity index (χ3v) is 1.66. The maximum absolute atomic E-state index is 10.4. The highest BCUT2D eigenvalue weighted by molar-refractivity contribution is 5.60. The van der Waals surface area contributed by atoms with E-state index in [-0.39, 0.29) is 5.92 Å². The van der Waals surface area contributed by atoms with E-state index in [1.54, 1.807) is 6.20 Å². The summed E-state index contributed by atoms with van der Waals surface area (Å²) in [6.07, 6.45) is 2.67. The van der Waals surface area contributed by atoms with Gasteiger partial charge in [-0.05, 0) is 18.6 Å². The van der Waals surface area contributed by atoms with Gasteiger partial charge < -0.3 is 4.79 Å². The molecular formula is C9H11NO. The molecule has 0 fully saturated rings. The minimum absolute atomic E-state index is 0.0388. The summed E-state index contributed by atoms with van der Waals surface area (Å²) in [6, 6.07) is 3.84. The zero-order valence-electron chi connectivity index (χ0n) is 6.74. The topological polar surface area (TPSA) is 30.0 Å². The van der Waals surface area contributed by atoms with Crippen LogP contribution in [0.4, 0.5) is 0 Å². The molecule has 11 heavy (non-hydrogen) atoms. The van der Waals surface area contributed by atoms with Crippen LogP contribution in [-0.2, 0) is 4.79 Å². The summed E-state index contributed by atoms with van der Waals surface area (Å²) in [5.41, 5.74) is 1.96. The van der Waals surface area contributed by atoms with Crippen LogP contribution in [0.25, 0.3) is 0 Å². The second kappa shape index (κ2) is 3.28. The number of nitrogens with zero attached hydrogens (tertiary/aromatic N) is 1. The SMILES string of the molecule is Cc1ccc(C(C)C=O)cn1. The molecule has 2 heteroatoms. The normalized spacial score (nSPS) is 12.5. The summed E-state index contributed by atoms with van der Waals surface area (Å²) in [7, 11) is 0. The Hall–Kier alpha value is -1.18. The van der Waals surface area contributed by atoms with Crippen molar-refractivity contribution in [1.82, 2.24) is 4.98 Å². The van der Waals surface area contributed by atoms with Gasteiger partial charge in [-0.25, -0.2) is 0 Å². The van der Waals surface area contributed by atoms with Gasteiger partial charge in [0.05, 0.1) is 0 Å². The van der Waals surface area contributed by atoms with Crippen LogP contribution in [0.5, 0.6) is 0 Å². The molecule has 1 aromatic rings. The van der Waals surface area contributed by atoms with Crippen molar-refractivity contribution in [2.45, 2.75) is 19.8 Å². The van der Waals surface area contributed by atoms with Crippen LogP contribution in [0, 0.1) is 6.92 Å². The van der Waals surface area contributed by atoms with Crippen LogP contribution < -0.4 is 0 Å². The predicted molar refractivity (Wildman–Crippen MR) is 43.5 cm³/mol. The summed E-state index contributed by atoms with van der Waals surface area (Å²) < 4.78 is 0. The molecule has 0 spiro atoms. The van der Waals surface area contributed by atoms with Gasteiger partial charge in [0.2, 0.25) is 0 Å². The van der Waals surface area contributed by atoms with Crippen molar-refractivity contribution in [3.05, 3.63) is 29.6 Å². The maximum Gasteiger partial charge on any atom is 0.127 e. The van der Waals surface area contributed by atoms with E-state index < -0.39 is 0 Å². The zero-order chi connectivity index (χ0) is 8.27. The minimum atomic E-state index is -0.0388. The quantitative estimate of drug-likeness (QED) is 0.599. The Kier molecular flexibility index (Phi) is 2.36. The van der Waals surface area contributed by atoms with Crippen LogP contribution in [0.3, 0.4) is 0 Å². The van der Waals surface area contributed by atoms with Gasteiger partial charge in [-0.2, -0.15) is 0 Å². The van der Waals surface area contributed by atoms with E-state index >= 15 is 0 Å². The number of hydrogen-bond donors (Lipinski definition) is 0. The van der Waals surface area contributed by atoms with Crippen molar-refractivity contribution in [3.63, 3.8) is 0 Å². The molecule has 0 aliphatic heterocycles. The van der Waals surface area contributed by atoms with Crippen LogP contribution in [0.1, 0.15) is 24.1 Å². The average Bonchev–Trinajstić information content (AvgIpc) is 2.05. The Labute approximate surface area is 66.3 Å². The first kappa shape index (κ1) is 7.92. The molecule has 0 amide bonds. The zero-order valence-corrected chi connectivity index (χ0v) is 6.74. The van der Waals surface area contributed by atoms with Crippen molar-refractivity contribution in [2.75, 3.05) is 0 Å². The highest BCUT2D eigenvalue weighted by Crippen LogP contribution is 2.10. The lowest BCUT2D eigenvalue weighted by molar-refractivity contribution is -0.108. The molecule has 0 bridgehead atoms. The number of carbonyl (C=O) groups is 1. The fraction of sp³-hybridized carbons (Fsp3) is 0.333. The molecule has 1 heterocycles. The van der Waals surface area contributed by atoms with Gasteiger partial charge in [0.1, 0.15) is 6.29 Å². The lowest BCUT2D eigenvalue weighted by Crippen LogP contribution is -1.95. The second-order valence-corrected chi connectivity index (χ2v) is 2.66. The average molecular weight is 149 g/mol. The molecule has 1 unspecified atom stereocenters. The van der Waals surface area contributed by atoms with Crippen LogP contribution in [0.15, 0.2) is 18.3 Å². The van der Waals surface area contributed by atoms with Gasteiger partial charge in [0, 0.05) is 17.8 Å². The van der Waals surface area contributed by atoms with Gasteiger partial charge in [0.25, 0.3) is 0 Å². The summed E-state index contributed by atoms with van der Waals surface area (Å²) in [4.78, 5) is 14.5. The molecular weight excluding hydrogens is 138 g/mol. The molecule has 58 valence electrons. The Balaban J connectivity index is 2.89. The third kappa shape index (κ3) is 1.87. The molecule has 0 radical (unpaired) electrons. The third-order valence-electron chi connectivity index (χ3n) is 1.66. The number of pyridine rings is 1. The summed E-state index contributed by atoms with van der Waals surface area (Å²) in [6.45, 7) is 3.79. The van der Waals surface area contributed by atoms with Gasteiger partial charge >= 0.3 is 0 Å². The number of hydrogen-bond acceptors (Lipinski definition) is 2. The first-order valence-corrected chi connectivity index (χ1v) is 3.62. The van der Waals surface area contributed by atoms with Crippen molar-refractivity contribution in [3.8, 4) is 0 Å². The predicted octanol–water partition coefficient (Wildman–Crippen LogP) is 1.69. The monoisotopic (exact) mass is 149 g/mol. The number of aromatic nitrogens is 1. The fourth-order valence-corrected chi connectivity index (χ4v) is 0.827. The largest absolute Gasteiger partial charge is 0.303 e. The van der Waals surface area contributed by atoms with Crippen molar-refractivity contribution < 1.29 is 4.79 Å². The number of aryl methyl sites for hydroxylation is 1. The molecule has 0 aliphatic rings. The Bertz CT molecular complexity index is 240. The van der Waals surface area contributed by atoms with Crippen LogP contribution in [-0.4, -0.2) is 11.3 Å². The van der Waals surface area contributed by atoms with Crippen molar-refractivity contribution >= 4 is 6.29 Å². The van der Waals surface area contributed by atoms with Gasteiger partial charge in [-0.1, -0.05) is 13.0 Å². The van der Waals surface area contributed by atoms with E-state index in [1.807, 2.05) is 26.0 Å². The standard InChI is InChI=1S/C9H11NO/c1-7(6-11)9-4-3-8(2)10-5-9/h3-7H,1-2H3. The van der Waals surface area contributed by atoms with E-state index in [1.165, 1.54) is 0 Å². The number of carbonyl (C=O) groups excluding carboxylic acids is 1. The van der Waals surface area contributed by atoms with Crippen LogP contribution in [0.2, 0.25) is 0 Å². The Morgan fingerprint density at radius 3 is 2.73 bits per heavy atom. The molecule has 1 atom stereocenters. The van der Waals surface area contributed by atoms with Gasteiger partial charge in [-0.3, -0.25) is 4.98 Å². The summed E-state index contributed by atoms with van der Waals surface area (Å²) >= 11 is 0. The molecule has 1 rings (SSSR count). The summed E-state index contributed by atoms with van der Waals surface area (Å²) in [5.74, 6) is -0.0388. The first-order valence-electron chi connectivity index (χ1n) is 3.62. The van der Waals surface area contributed by atoms with Gasteiger partial charge in [-0.15, -0.1) is 0 Å². The Morgan fingerprint density at radius 2 is 2.27 bits per heavy atom. The van der Waals surface area contributed by atoms with Crippen LogP contribution >= 0.6 is 0 Å². The minimum Gasteiger partial charge on any atom is -0.303 e. The second-order valence-electron chi connectivity index (χ2n) is 2.66. The molecule has 0 N–H and O–H groups in total. The van der Waals surface area contributed by atoms with E-state index in [0.717, 1.165) is 17.5 Å². The Morgan fingerprint density at radius 1 is 1.55 bits per heavy atom. The first-order chi connectivity index (χ1) is 5.24. The molecule has 0 aliphatic carbocycles. The van der Waals surface area contributed by atoms with E-state index in [4.69, 9.17) is 0 Å². The highest BCUT2D eigenvalue weighted by atomic mass is 16.1. The molecule has 0 aromatic carbocycles. The van der Waals surface area contributed by atoms with E-state index in [2.05, 4.69) is 4.98 Å². The van der Waals surface area contributed by atoms with Crippen molar-refractivity contribution in [1.29, 1.82) is 0 Å². The lowest BCUT2D eigenvalue weighted by Gasteiger charge is -2.01. The van der Waals surface area contributed by atoms with E-state index in [0.29, 0.717) is 0 Å². The smallest absolute Gasteiger partial charge is 0.127 e. The molecule has 1 aromatic heterocycles. The number of rotatable bonds is 2. The highest BCUT2D eigenvalue weighted by Gasteiger charge is 2.01. The summed E-state index contributed by atoms with van der Waals surface area (Å²) in [5, 5.41) is 0. The van der Waals surface area contributed by atoms with E-state index in [9.17, 15) is 4.79 Å². The van der Waals surface area contributed by atoms with Gasteiger partial charge in [0.15, 0.2) is 0 Å². The molecule has 0 saturated heterocycles. The maximum atomic E-state index is 10.4. The van der Waals surface area contributed by atoms with Crippen molar-refractivity contribution in [2.24, 2.45) is 0 Å². The molecule has 0 saturated carbocycles. The number of aldehydes is 1. The lowest BCUT2D eigenvalue weighted by atomic mass is 10.1.